The number of amides is 1. The zero-order chi connectivity index (χ0) is 18.5. The fraction of sp³-hybridized carbons (Fsp3) is 0.250. The van der Waals surface area contributed by atoms with Crippen LogP contribution in [0.4, 0.5) is 4.39 Å². The van der Waals surface area contributed by atoms with Crippen LogP contribution in [0.5, 0.6) is 0 Å². The van der Waals surface area contributed by atoms with Gasteiger partial charge in [-0.3, -0.25) is 4.79 Å². The molecule has 1 heterocycles. The van der Waals surface area contributed by atoms with Gasteiger partial charge in [0.25, 0.3) is 0 Å². The Morgan fingerprint density at radius 2 is 1.88 bits per heavy atom. The summed E-state index contributed by atoms with van der Waals surface area (Å²) in [5.41, 5.74) is 2.49. The molecule has 0 unspecified atom stereocenters. The molecule has 0 atom stereocenters. The zero-order valence-electron chi connectivity index (χ0n) is 14.8. The van der Waals surface area contributed by atoms with E-state index in [0.717, 1.165) is 11.1 Å². The minimum absolute atomic E-state index is 0.108. The van der Waals surface area contributed by atoms with E-state index in [2.05, 4.69) is 10.1 Å². The number of nitrogens with zero attached hydrogens (tertiary/aromatic N) is 3. The smallest absolute Gasteiger partial charge is 0.246 e. The molecule has 0 N–H and O–H groups in total. The van der Waals surface area contributed by atoms with Crippen molar-refractivity contribution in [3.05, 3.63) is 71.4 Å². The molecular weight excluding hydrogens is 333 g/mol. The highest BCUT2D eigenvalue weighted by atomic mass is 19.1. The lowest BCUT2D eigenvalue weighted by Gasteiger charge is -2.14. The third kappa shape index (κ3) is 4.14. The molecule has 3 aromatic rings. The van der Waals surface area contributed by atoms with E-state index in [1.165, 1.54) is 11.0 Å². The highest BCUT2D eigenvalue weighted by Gasteiger charge is 2.16. The van der Waals surface area contributed by atoms with Gasteiger partial charge in [0, 0.05) is 19.0 Å². The van der Waals surface area contributed by atoms with E-state index in [4.69, 9.17) is 4.52 Å². The number of carbonyl (C=O) groups excluding carboxylic acids is 1. The van der Waals surface area contributed by atoms with Crippen molar-refractivity contribution >= 4 is 5.91 Å². The number of carbonyl (C=O) groups is 1. The topological polar surface area (TPSA) is 59.2 Å². The van der Waals surface area contributed by atoms with E-state index < -0.39 is 0 Å². The molecule has 3 rings (SSSR count). The van der Waals surface area contributed by atoms with Crippen LogP contribution in [0, 0.1) is 12.7 Å². The summed E-state index contributed by atoms with van der Waals surface area (Å²) in [6.07, 6.45) is 0.574. The summed E-state index contributed by atoms with van der Waals surface area (Å²) < 4.78 is 18.9. The molecule has 134 valence electrons. The highest BCUT2D eigenvalue weighted by Crippen LogP contribution is 2.20. The summed E-state index contributed by atoms with van der Waals surface area (Å²) in [6.45, 7) is 2.19. The second-order valence-corrected chi connectivity index (χ2v) is 6.17. The molecule has 2 aromatic carbocycles. The molecule has 0 spiro atoms. The fourth-order valence-corrected chi connectivity index (χ4v) is 2.68. The van der Waals surface area contributed by atoms with Crippen LogP contribution in [0.25, 0.3) is 11.4 Å². The first-order valence-corrected chi connectivity index (χ1v) is 8.40. The molecule has 0 aliphatic carbocycles. The maximum absolute atomic E-state index is 13.6. The van der Waals surface area contributed by atoms with Gasteiger partial charge in [0.2, 0.25) is 17.6 Å². The predicted molar refractivity (Wildman–Crippen MR) is 95.7 cm³/mol. The van der Waals surface area contributed by atoms with Gasteiger partial charge in [-0.25, -0.2) is 4.39 Å². The Morgan fingerprint density at radius 1 is 1.15 bits per heavy atom. The van der Waals surface area contributed by atoms with E-state index in [1.807, 2.05) is 31.2 Å². The molecule has 26 heavy (non-hydrogen) atoms. The SMILES string of the molecule is Cc1ccccc1-c1noc(CN(C)C(=O)CCc2ccccc2F)n1. The number of halogens is 1. The summed E-state index contributed by atoms with van der Waals surface area (Å²) >= 11 is 0. The third-order valence-corrected chi connectivity index (χ3v) is 4.22. The molecule has 1 amide bonds. The second kappa shape index (κ2) is 7.91. The van der Waals surface area contributed by atoms with Crippen LogP contribution >= 0.6 is 0 Å². The van der Waals surface area contributed by atoms with Gasteiger partial charge in [-0.15, -0.1) is 0 Å². The Bertz CT molecular complexity index is 907. The van der Waals surface area contributed by atoms with E-state index in [-0.39, 0.29) is 24.7 Å². The monoisotopic (exact) mass is 353 g/mol. The van der Waals surface area contributed by atoms with E-state index >= 15 is 0 Å². The van der Waals surface area contributed by atoms with Gasteiger partial charge in [0.05, 0.1) is 6.54 Å². The molecule has 0 aliphatic rings. The standard InChI is InChI=1S/C20H20FN3O2/c1-14-7-3-5-9-16(14)20-22-18(26-23-20)13-24(2)19(25)12-11-15-8-4-6-10-17(15)21/h3-10H,11-13H2,1-2H3. The molecule has 0 bridgehead atoms. The summed E-state index contributed by atoms with van der Waals surface area (Å²) in [6, 6.07) is 14.2. The summed E-state index contributed by atoms with van der Waals surface area (Å²) in [5.74, 6) is 0.474. The van der Waals surface area contributed by atoms with Crippen LogP contribution in [0.1, 0.15) is 23.4 Å². The van der Waals surface area contributed by atoms with Crippen molar-refractivity contribution in [2.24, 2.45) is 0 Å². The van der Waals surface area contributed by atoms with Crippen molar-refractivity contribution in [2.75, 3.05) is 7.05 Å². The second-order valence-electron chi connectivity index (χ2n) is 6.17. The summed E-state index contributed by atoms with van der Waals surface area (Å²) in [5, 5.41) is 3.99. The van der Waals surface area contributed by atoms with Gasteiger partial charge in [-0.05, 0) is 30.5 Å². The number of aromatic nitrogens is 2. The molecule has 0 saturated carbocycles. The summed E-state index contributed by atoms with van der Waals surface area (Å²) in [4.78, 5) is 18.2. The molecule has 0 aliphatic heterocycles. The Hall–Kier alpha value is -3.02. The van der Waals surface area contributed by atoms with E-state index in [0.29, 0.717) is 23.7 Å². The highest BCUT2D eigenvalue weighted by molar-refractivity contribution is 5.76. The molecule has 0 fully saturated rings. The lowest BCUT2D eigenvalue weighted by atomic mass is 10.1. The summed E-state index contributed by atoms with van der Waals surface area (Å²) in [7, 11) is 1.67. The molecular formula is C20H20FN3O2. The van der Waals surface area contributed by atoms with Crippen molar-refractivity contribution in [1.29, 1.82) is 0 Å². The van der Waals surface area contributed by atoms with E-state index in [9.17, 15) is 9.18 Å². The van der Waals surface area contributed by atoms with Crippen LogP contribution in [-0.4, -0.2) is 28.0 Å². The predicted octanol–water partition coefficient (Wildman–Crippen LogP) is 3.78. The van der Waals surface area contributed by atoms with Crippen LogP contribution in [0.2, 0.25) is 0 Å². The van der Waals surface area contributed by atoms with Crippen LogP contribution in [0.3, 0.4) is 0 Å². The van der Waals surface area contributed by atoms with Crippen LogP contribution in [-0.2, 0) is 17.8 Å². The Labute approximate surface area is 151 Å². The Morgan fingerprint density at radius 3 is 2.65 bits per heavy atom. The number of benzene rings is 2. The number of hydrogen-bond acceptors (Lipinski definition) is 4. The van der Waals surface area contributed by atoms with Crippen molar-refractivity contribution in [1.82, 2.24) is 15.0 Å². The van der Waals surface area contributed by atoms with Gasteiger partial charge in [0.1, 0.15) is 5.82 Å². The zero-order valence-corrected chi connectivity index (χ0v) is 14.8. The first-order valence-electron chi connectivity index (χ1n) is 8.40. The van der Waals surface area contributed by atoms with Crippen LogP contribution < -0.4 is 0 Å². The average Bonchev–Trinajstić information content (AvgIpc) is 3.09. The molecule has 1 aromatic heterocycles. The number of hydrogen-bond donors (Lipinski definition) is 0. The minimum Gasteiger partial charge on any atom is -0.337 e. The van der Waals surface area contributed by atoms with Crippen molar-refractivity contribution in [3.8, 4) is 11.4 Å². The Kier molecular flexibility index (Phi) is 5.41. The fourth-order valence-electron chi connectivity index (χ4n) is 2.68. The molecule has 6 heteroatoms. The van der Waals surface area contributed by atoms with Gasteiger partial charge < -0.3 is 9.42 Å². The van der Waals surface area contributed by atoms with Gasteiger partial charge in [-0.2, -0.15) is 4.98 Å². The van der Waals surface area contributed by atoms with E-state index in [1.54, 1.807) is 25.2 Å². The molecule has 0 saturated heterocycles. The normalized spacial score (nSPS) is 10.7. The van der Waals surface area contributed by atoms with Gasteiger partial charge >= 0.3 is 0 Å². The van der Waals surface area contributed by atoms with Crippen molar-refractivity contribution < 1.29 is 13.7 Å². The lowest BCUT2D eigenvalue weighted by Crippen LogP contribution is -2.26. The van der Waals surface area contributed by atoms with Crippen LogP contribution in [0.15, 0.2) is 53.1 Å². The van der Waals surface area contributed by atoms with Gasteiger partial charge in [-0.1, -0.05) is 47.6 Å². The number of aryl methyl sites for hydroxylation is 2. The maximum atomic E-state index is 13.6. The van der Waals surface area contributed by atoms with Gasteiger partial charge in [0.15, 0.2) is 0 Å². The minimum atomic E-state index is -0.289. The van der Waals surface area contributed by atoms with Crippen molar-refractivity contribution in [2.45, 2.75) is 26.3 Å². The quantitative estimate of drug-likeness (QED) is 0.677. The van der Waals surface area contributed by atoms with Crippen molar-refractivity contribution in [3.63, 3.8) is 0 Å². The maximum Gasteiger partial charge on any atom is 0.246 e. The largest absolute Gasteiger partial charge is 0.337 e. The Balaban J connectivity index is 1.59. The molecule has 5 nitrogen and oxygen atoms in total. The first-order chi connectivity index (χ1) is 12.5. The first kappa shape index (κ1) is 17.8. The average molecular weight is 353 g/mol. The lowest BCUT2D eigenvalue weighted by molar-refractivity contribution is -0.130. The third-order valence-electron chi connectivity index (χ3n) is 4.22. The number of rotatable bonds is 6. The molecule has 0 radical (unpaired) electrons.